The topological polar surface area (TPSA) is 111 Å². The highest BCUT2D eigenvalue weighted by molar-refractivity contribution is 5.70. The molecule has 0 saturated carbocycles. The van der Waals surface area contributed by atoms with Crippen molar-refractivity contribution in [3.8, 4) is 0 Å². The third-order valence-electron chi connectivity index (χ3n) is 10.1. The van der Waals surface area contributed by atoms with Crippen molar-refractivity contribution < 1.29 is 42.9 Å². The summed E-state index contributed by atoms with van der Waals surface area (Å²) in [5, 5.41) is 11.7. The van der Waals surface area contributed by atoms with Crippen LogP contribution in [0.3, 0.4) is 0 Å². The number of likely N-dealkylation sites (N-methyl/N-ethyl adjacent to an activating group) is 1. The van der Waals surface area contributed by atoms with E-state index in [1.807, 2.05) is 21.1 Å². The number of carboxylic acid groups (broad SMARTS) is 1. The van der Waals surface area contributed by atoms with Crippen molar-refractivity contribution in [1.29, 1.82) is 0 Å². The second-order valence-electron chi connectivity index (χ2n) is 17.0. The van der Waals surface area contributed by atoms with Crippen LogP contribution in [-0.4, -0.2) is 82.3 Å². The van der Waals surface area contributed by atoms with E-state index in [2.05, 4.69) is 50.3 Å². The van der Waals surface area contributed by atoms with Gasteiger partial charge >= 0.3 is 11.9 Å². The Bertz CT molecular complexity index is 1050. The molecule has 0 aliphatic heterocycles. The second kappa shape index (κ2) is 41.3. The van der Waals surface area contributed by atoms with Crippen molar-refractivity contribution in [1.82, 2.24) is 0 Å². The van der Waals surface area contributed by atoms with Crippen LogP contribution in [0, 0.1) is 0 Å². The van der Waals surface area contributed by atoms with Crippen molar-refractivity contribution in [3.05, 3.63) is 36.5 Å². The van der Waals surface area contributed by atoms with Gasteiger partial charge in [0.1, 0.15) is 13.2 Å². The fourth-order valence-corrected chi connectivity index (χ4v) is 6.38. The third kappa shape index (κ3) is 41.7. The SMILES string of the molecule is CCCCC/C=C\C/C=C\CCCCCCCCCC(=O)OC(COC(=O)CCCCCCC/C=C\CCCCCCCCC)COC(OCC[N+](C)(C)C)C(=O)[O-]. The Morgan fingerprint density at radius 1 is 0.517 bits per heavy atom. The number of esters is 2. The summed E-state index contributed by atoms with van der Waals surface area (Å²) in [6.45, 7) is 4.70. The molecule has 0 rings (SSSR count). The lowest BCUT2D eigenvalue weighted by Crippen LogP contribution is -2.44. The Hall–Kier alpha value is -2.49. The van der Waals surface area contributed by atoms with Crippen molar-refractivity contribution >= 4 is 17.9 Å². The first-order chi connectivity index (χ1) is 28.1. The summed E-state index contributed by atoms with van der Waals surface area (Å²) < 4.78 is 22.6. The summed E-state index contributed by atoms with van der Waals surface area (Å²) in [5.41, 5.74) is 0. The highest BCUT2D eigenvalue weighted by atomic mass is 16.7. The lowest BCUT2D eigenvalue weighted by atomic mass is 10.1. The fourth-order valence-electron chi connectivity index (χ4n) is 6.38. The number of allylic oxidation sites excluding steroid dienone is 6. The molecule has 0 spiro atoms. The van der Waals surface area contributed by atoms with E-state index < -0.39 is 24.3 Å². The van der Waals surface area contributed by atoms with Crippen LogP contribution in [0.4, 0.5) is 0 Å². The van der Waals surface area contributed by atoms with E-state index in [9.17, 15) is 19.5 Å². The predicted molar refractivity (Wildman–Crippen MR) is 237 cm³/mol. The van der Waals surface area contributed by atoms with Crippen LogP contribution in [0.5, 0.6) is 0 Å². The van der Waals surface area contributed by atoms with Crippen LogP contribution in [0.25, 0.3) is 0 Å². The standard InChI is InChI=1S/C49H89NO8/c1-6-8-10-12-14-16-18-20-22-24-26-28-30-32-34-36-38-40-47(52)58-45(44-57-49(48(53)54)55-42-41-50(3,4)5)43-56-46(51)39-37-35-33-31-29-27-25-23-21-19-17-15-13-11-9-7-2/h14,16,20,22-23,25,45,49H,6-13,15,17-19,21,24,26-44H2,1-5H3/b16-14-,22-20-,25-23-. The van der Waals surface area contributed by atoms with Gasteiger partial charge in [0, 0.05) is 12.8 Å². The zero-order valence-electron chi connectivity index (χ0n) is 38.2. The van der Waals surface area contributed by atoms with Gasteiger partial charge in [-0.15, -0.1) is 0 Å². The summed E-state index contributed by atoms with van der Waals surface area (Å²) in [6.07, 6.45) is 43.1. The Kier molecular flexibility index (Phi) is 39.5. The molecule has 0 fully saturated rings. The van der Waals surface area contributed by atoms with E-state index in [-0.39, 0.29) is 38.6 Å². The van der Waals surface area contributed by atoms with Gasteiger partial charge in [0.2, 0.25) is 0 Å². The summed E-state index contributed by atoms with van der Waals surface area (Å²) in [4.78, 5) is 37.0. The van der Waals surface area contributed by atoms with Crippen molar-refractivity contribution in [2.75, 3.05) is 47.5 Å². The summed E-state index contributed by atoms with van der Waals surface area (Å²) >= 11 is 0. The van der Waals surface area contributed by atoms with Crippen LogP contribution in [0.15, 0.2) is 36.5 Å². The van der Waals surface area contributed by atoms with Gasteiger partial charge in [-0.3, -0.25) is 9.59 Å². The Balaban J connectivity index is 4.43. The van der Waals surface area contributed by atoms with Gasteiger partial charge in [0.05, 0.1) is 40.3 Å². The second-order valence-corrected chi connectivity index (χ2v) is 17.0. The molecule has 0 heterocycles. The minimum absolute atomic E-state index is 0.145. The van der Waals surface area contributed by atoms with Crippen LogP contribution >= 0.6 is 0 Å². The van der Waals surface area contributed by atoms with Gasteiger partial charge in [-0.1, -0.05) is 153 Å². The normalized spacial score (nSPS) is 13.2. The van der Waals surface area contributed by atoms with E-state index in [0.717, 1.165) is 70.6 Å². The van der Waals surface area contributed by atoms with Crippen LogP contribution < -0.4 is 5.11 Å². The minimum atomic E-state index is -1.62. The average Bonchev–Trinajstić information content (AvgIpc) is 3.18. The first-order valence-electron chi connectivity index (χ1n) is 23.6. The quantitative estimate of drug-likeness (QED) is 0.0197. The number of carbonyl (C=O) groups is 3. The number of hydrogen-bond donors (Lipinski definition) is 0. The number of aliphatic carboxylic acids is 1. The average molecular weight is 820 g/mol. The Morgan fingerprint density at radius 2 is 0.931 bits per heavy atom. The van der Waals surface area contributed by atoms with Gasteiger partial charge in [0.15, 0.2) is 12.4 Å². The van der Waals surface area contributed by atoms with Gasteiger partial charge in [-0.25, -0.2) is 0 Å². The predicted octanol–water partition coefficient (Wildman–Crippen LogP) is 11.3. The Morgan fingerprint density at radius 3 is 1.41 bits per heavy atom. The zero-order chi connectivity index (χ0) is 42.8. The molecule has 0 aliphatic rings. The van der Waals surface area contributed by atoms with Crippen LogP contribution in [0.2, 0.25) is 0 Å². The molecule has 0 aromatic rings. The molecule has 9 heteroatoms. The van der Waals surface area contributed by atoms with Crippen molar-refractivity contribution in [3.63, 3.8) is 0 Å². The maximum absolute atomic E-state index is 12.8. The van der Waals surface area contributed by atoms with Gasteiger partial charge in [-0.2, -0.15) is 0 Å². The van der Waals surface area contributed by atoms with E-state index in [1.165, 1.54) is 96.3 Å². The van der Waals surface area contributed by atoms with Gasteiger partial charge in [-0.05, 0) is 70.6 Å². The Labute approximate surface area is 356 Å². The maximum atomic E-state index is 12.8. The number of hydrogen-bond acceptors (Lipinski definition) is 8. The molecular formula is C49H89NO8. The number of unbranched alkanes of at least 4 members (excludes halogenated alkanes) is 22. The molecule has 9 nitrogen and oxygen atoms in total. The number of ether oxygens (including phenoxy) is 4. The maximum Gasteiger partial charge on any atom is 0.306 e. The smallest absolute Gasteiger partial charge is 0.306 e. The zero-order valence-corrected chi connectivity index (χ0v) is 38.2. The van der Waals surface area contributed by atoms with E-state index in [0.29, 0.717) is 17.4 Å². The lowest BCUT2D eigenvalue weighted by Gasteiger charge is -2.26. The molecule has 0 amide bonds. The first kappa shape index (κ1) is 55.5. The molecule has 0 bridgehead atoms. The summed E-state index contributed by atoms with van der Waals surface area (Å²) in [7, 11) is 5.90. The molecular weight excluding hydrogens is 731 g/mol. The number of rotatable bonds is 43. The number of quaternary nitrogens is 1. The molecule has 0 aromatic heterocycles. The van der Waals surface area contributed by atoms with E-state index in [1.54, 1.807) is 0 Å². The highest BCUT2D eigenvalue weighted by Gasteiger charge is 2.21. The molecule has 0 aromatic carbocycles. The third-order valence-corrected chi connectivity index (χ3v) is 10.1. The molecule has 0 N–H and O–H groups in total. The number of carboxylic acids is 1. The van der Waals surface area contributed by atoms with Crippen LogP contribution in [0.1, 0.15) is 200 Å². The minimum Gasteiger partial charge on any atom is -0.545 e. The van der Waals surface area contributed by atoms with E-state index in [4.69, 9.17) is 18.9 Å². The van der Waals surface area contributed by atoms with Gasteiger partial charge in [0.25, 0.3) is 0 Å². The summed E-state index contributed by atoms with van der Waals surface area (Å²) in [6, 6.07) is 0. The van der Waals surface area contributed by atoms with Crippen molar-refractivity contribution in [2.24, 2.45) is 0 Å². The van der Waals surface area contributed by atoms with E-state index >= 15 is 0 Å². The fraction of sp³-hybridized carbons (Fsp3) is 0.816. The molecule has 58 heavy (non-hydrogen) atoms. The molecule has 0 radical (unpaired) electrons. The monoisotopic (exact) mass is 820 g/mol. The largest absolute Gasteiger partial charge is 0.545 e. The lowest BCUT2D eigenvalue weighted by molar-refractivity contribution is -0.870. The molecule has 0 saturated heterocycles. The summed E-state index contributed by atoms with van der Waals surface area (Å²) in [5.74, 6) is -2.30. The first-order valence-corrected chi connectivity index (χ1v) is 23.6. The van der Waals surface area contributed by atoms with Gasteiger partial charge < -0.3 is 33.3 Å². The molecule has 2 atom stereocenters. The highest BCUT2D eigenvalue weighted by Crippen LogP contribution is 2.14. The molecule has 0 aliphatic carbocycles. The number of carbonyl (C=O) groups excluding carboxylic acids is 3. The van der Waals surface area contributed by atoms with Crippen LogP contribution in [-0.2, 0) is 33.3 Å². The molecule has 2 unspecified atom stereocenters. The number of nitrogens with zero attached hydrogens (tertiary/aromatic N) is 1. The molecule has 338 valence electrons. The van der Waals surface area contributed by atoms with Crippen molar-refractivity contribution in [2.45, 2.75) is 212 Å².